The van der Waals surface area contributed by atoms with Crippen molar-refractivity contribution in [1.29, 1.82) is 0 Å². The van der Waals surface area contributed by atoms with E-state index in [0.717, 1.165) is 28.1 Å². The summed E-state index contributed by atoms with van der Waals surface area (Å²) in [5.41, 5.74) is 4.85. The van der Waals surface area contributed by atoms with Crippen LogP contribution in [0.4, 0.5) is 11.4 Å². The number of aryl methyl sites for hydroxylation is 2. The van der Waals surface area contributed by atoms with E-state index in [4.69, 9.17) is 0 Å². The van der Waals surface area contributed by atoms with Crippen LogP contribution in [0.1, 0.15) is 28.4 Å². The van der Waals surface area contributed by atoms with Gasteiger partial charge in [-0.2, -0.15) is 0 Å². The summed E-state index contributed by atoms with van der Waals surface area (Å²) in [6.45, 7) is 6.65. The van der Waals surface area contributed by atoms with Gasteiger partial charge in [0, 0.05) is 30.5 Å². The van der Waals surface area contributed by atoms with E-state index in [1.165, 1.54) is 0 Å². The molecule has 0 saturated carbocycles. The molecule has 1 N–H and O–H groups in total. The summed E-state index contributed by atoms with van der Waals surface area (Å²) in [5, 5.41) is 3.09. The second-order valence-corrected chi connectivity index (χ2v) is 5.17. The molecule has 0 aliphatic carbocycles. The lowest BCUT2D eigenvalue weighted by molar-refractivity contribution is 0.0988. The molecule has 2 aromatic carbocycles. The summed E-state index contributed by atoms with van der Waals surface area (Å²) in [6, 6.07) is 13.9. The van der Waals surface area contributed by atoms with Crippen LogP contribution in [0, 0.1) is 13.8 Å². The topological polar surface area (TPSA) is 32.3 Å². The van der Waals surface area contributed by atoms with E-state index in [0.29, 0.717) is 6.54 Å². The minimum Gasteiger partial charge on any atom is -0.388 e. The zero-order valence-electron chi connectivity index (χ0n) is 13.1. The summed E-state index contributed by atoms with van der Waals surface area (Å²) in [6.07, 6.45) is 0. The fraction of sp³-hybridized carbons (Fsp3) is 0.278. The van der Waals surface area contributed by atoms with E-state index < -0.39 is 0 Å². The second kappa shape index (κ2) is 6.44. The Morgan fingerprint density at radius 2 is 1.90 bits per heavy atom. The van der Waals surface area contributed by atoms with E-state index >= 15 is 0 Å². The lowest BCUT2D eigenvalue weighted by Crippen LogP contribution is -2.31. The van der Waals surface area contributed by atoms with Gasteiger partial charge in [-0.15, -0.1) is 0 Å². The van der Waals surface area contributed by atoms with Crippen molar-refractivity contribution in [3.8, 4) is 0 Å². The van der Waals surface area contributed by atoms with Crippen molar-refractivity contribution in [2.24, 2.45) is 0 Å². The van der Waals surface area contributed by atoms with Crippen molar-refractivity contribution in [2.45, 2.75) is 20.8 Å². The molecular formula is C18H22N2O. The molecule has 0 bridgehead atoms. The highest BCUT2D eigenvalue weighted by Crippen LogP contribution is 2.21. The number of amides is 1. The number of anilines is 2. The monoisotopic (exact) mass is 282 g/mol. The lowest BCUT2D eigenvalue weighted by Gasteiger charge is -2.22. The average Bonchev–Trinajstić information content (AvgIpc) is 2.47. The number of nitrogens with one attached hydrogen (secondary N) is 1. The molecule has 0 aromatic heterocycles. The highest BCUT2D eigenvalue weighted by molar-refractivity contribution is 6.07. The summed E-state index contributed by atoms with van der Waals surface area (Å²) in [4.78, 5) is 14.6. The molecule has 110 valence electrons. The molecule has 0 fully saturated rings. The second-order valence-electron chi connectivity index (χ2n) is 5.17. The zero-order valence-corrected chi connectivity index (χ0v) is 13.1. The Balaban J connectivity index is 2.37. The van der Waals surface area contributed by atoms with Gasteiger partial charge < -0.3 is 10.2 Å². The molecule has 1 amide bonds. The molecule has 3 heteroatoms. The summed E-state index contributed by atoms with van der Waals surface area (Å²) in [5.74, 6) is 0.0447. The molecule has 0 radical (unpaired) electrons. The molecule has 0 heterocycles. The first-order valence-electron chi connectivity index (χ1n) is 7.23. The average molecular weight is 282 g/mol. The fourth-order valence-corrected chi connectivity index (χ4v) is 2.44. The molecule has 2 rings (SSSR count). The number of hydrogen-bond acceptors (Lipinski definition) is 2. The van der Waals surface area contributed by atoms with Gasteiger partial charge in [-0.3, -0.25) is 4.79 Å². The van der Waals surface area contributed by atoms with Crippen molar-refractivity contribution < 1.29 is 4.79 Å². The molecule has 3 nitrogen and oxygen atoms in total. The van der Waals surface area contributed by atoms with Crippen LogP contribution in [0.5, 0.6) is 0 Å². The first-order valence-corrected chi connectivity index (χ1v) is 7.23. The number of rotatable bonds is 4. The van der Waals surface area contributed by atoms with Crippen LogP contribution in [-0.2, 0) is 0 Å². The normalized spacial score (nSPS) is 10.3. The van der Waals surface area contributed by atoms with Gasteiger partial charge >= 0.3 is 0 Å². The predicted molar refractivity (Wildman–Crippen MR) is 89.3 cm³/mol. The van der Waals surface area contributed by atoms with Crippen LogP contribution in [-0.4, -0.2) is 19.5 Å². The molecule has 0 spiro atoms. The van der Waals surface area contributed by atoms with Gasteiger partial charge in [-0.05, 0) is 62.2 Å². The van der Waals surface area contributed by atoms with Crippen LogP contribution in [0.3, 0.4) is 0 Å². The van der Waals surface area contributed by atoms with Gasteiger partial charge in [0.25, 0.3) is 5.91 Å². The van der Waals surface area contributed by atoms with Gasteiger partial charge in [0.2, 0.25) is 0 Å². The largest absolute Gasteiger partial charge is 0.388 e. The maximum Gasteiger partial charge on any atom is 0.258 e. The first-order chi connectivity index (χ1) is 10.1. The quantitative estimate of drug-likeness (QED) is 0.919. The molecule has 0 aliphatic rings. The lowest BCUT2D eigenvalue weighted by atomic mass is 10.1. The molecular weight excluding hydrogens is 260 g/mol. The number of benzene rings is 2. The maximum atomic E-state index is 12.8. The highest BCUT2D eigenvalue weighted by Gasteiger charge is 2.18. The van der Waals surface area contributed by atoms with Gasteiger partial charge in [-0.1, -0.05) is 12.1 Å². The van der Waals surface area contributed by atoms with E-state index in [1.807, 2.05) is 75.2 Å². The number of hydrogen-bond donors (Lipinski definition) is 1. The van der Waals surface area contributed by atoms with E-state index in [-0.39, 0.29) is 5.91 Å². The summed E-state index contributed by atoms with van der Waals surface area (Å²) < 4.78 is 0. The van der Waals surface area contributed by atoms with Crippen LogP contribution in [0.2, 0.25) is 0 Å². The number of carbonyl (C=O) groups is 1. The van der Waals surface area contributed by atoms with Crippen LogP contribution in [0.25, 0.3) is 0 Å². The smallest absolute Gasteiger partial charge is 0.258 e. The molecule has 21 heavy (non-hydrogen) atoms. The molecule has 0 unspecified atom stereocenters. The van der Waals surface area contributed by atoms with Crippen LogP contribution >= 0.6 is 0 Å². The van der Waals surface area contributed by atoms with Crippen molar-refractivity contribution in [1.82, 2.24) is 0 Å². The Kier molecular flexibility index (Phi) is 4.63. The van der Waals surface area contributed by atoms with E-state index in [1.54, 1.807) is 0 Å². The Bertz CT molecular complexity index is 649. The predicted octanol–water partition coefficient (Wildman–Crippen LogP) is 4.01. The Morgan fingerprint density at radius 3 is 2.48 bits per heavy atom. The summed E-state index contributed by atoms with van der Waals surface area (Å²) >= 11 is 0. The Morgan fingerprint density at radius 1 is 1.14 bits per heavy atom. The van der Waals surface area contributed by atoms with E-state index in [2.05, 4.69) is 5.32 Å². The van der Waals surface area contributed by atoms with E-state index in [9.17, 15) is 4.79 Å². The molecule has 2 aromatic rings. The number of nitrogens with zero attached hydrogens (tertiary/aromatic N) is 1. The third kappa shape index (κ3) is 3.24. The minimum atomic E-state index is 0.0447. The Hall–Kier alpha value is -2.29. The van der Waals surface area contributed by atoms with Crippen LogP contribution in [0.15, 0.2) is 42.5 Å². The first kappa shape index (κ1) is 15.1. The molecule has 0 aliphatic heterocycles. The third-order valence-corrected chi connectivity index (χ3v) is 3.62. The SMILES string of the molecule is CCN(C(=O)c1ccc(NC)cc1C)c1cccc(C)c1. The standard InChI is InChI=1S/C18H22N2O/c1-5-20(16-8-6-7-13(2)11-16)18(21)17-10-9-15(19-4)12-14(17)3/h6-12,19H,5H2,1-4H3. The minimum absolute atomic E-state index is 0.0447. The van der Waals surface area contributed by atoms with Gasteiger partial charge in [0.05, 0.1) is 0 Å². The van der Waals surface area contributed by atoms with Crippen molar-refractivity contribution >= 4 is 17.3 Å². The van der Waals surface area contributed by atoms with Gasteiger partial charge in [0.15, 0.2) is 0 Å². The molecule has 0 atom stereocenters. The fourth-order valence-electron chi connectivity index (χ4n) is 2.44. The summed E-state index contributed by atoms with van der Waals surface area (Å²) in [7, 11) is 1.88. The maximum absolute atomic E-state index is 12.8. The molecule has 0 saturated heterocycles. The number of carbonyl (C=O) groups excluding carboxylic acids is 1. The van der Waals surface area contributed by atoms with Crippen molar-refractivity contribution in [3.63, 3.8) is 0 Å². The van der Waals surface area contributed by atoms with Crippen molar-refractivity contribution in [2.75, 3.05) is 23.8 Å². The van der Waals surface area contributed by atoms with Gasteiger partial charge in [0.1, 0.15) is 0 Å². The zero-order chi connectivity index (χ0) is 15.4. The third-order valence-electron chi connectivity index (χ3n) is 3.62. The Labute approximate surface area is 126 Å². The van der Waals surface area contributed by atoms with Crippen molar-refractivity contribution in [3.05, 3.63) is 59.2 Å². The van der Waals surface area contributed by atoms with Gasteiger partial charge in [-0.25, -0.2) is 0 Å². The van der Waals surface area contributed by atoms with Crippen LogP contribution < -0.4 is 10.2 Å². The highest BCUT2D eigenvalue weighted by atomic mass is 16.2.